The van der Waals surface area contributed by atoms with Crippen molar-refractivity contribution in [1.29, 1.82) is 5.26 Å². The van der Waals surface area contributed by atoms with Crippen molar-refractivity contribution in [3.05, 3.63) is 0 Å². The van der Waals surface area contributed by atoms with Crippen LogP contribution in [-0.4, -0.2) is 42.9 Å². The van der Waals surface area contributed by atoms with Gasteiger partial charge < -0.3 is 5.11 Å². The topological polar surface area (TPSA) is 111 Å². The summed E-state index contributed by atoms with van der Waals surface area (Å²) in [4.78, 5) is 10.9. The zero-order chi connectivity index (χ0) is 14.8. The van der Waals surface area contributed by atoms with E-state index in [1.807, 2.05) is 0 Å². The van der Waals surface area contributed by atoms with Crippen LogP contribution in [0.4, 0.5) is 0 Å². The smallest absolute Gasteiger partial charge is 0.306 e. The fourth-order valence-electron chi connectivity index (χ4n) is 2.86. The third-order valence-corrected chi connectivity index (χ3v) is 5.77. The number of rotatable bonds is 4. The number of nitrogens with zero attached hydrogens (tertiary/aromatic N) is 2. The van der Waals surface area contributed by atoms with E-state index in [0.29, 0.717) is 19.3 Å². The second-order valence-corrected chi connectivity index (χ2v) is 7.11. The van der Waals surface area contributed by atoms with E-state index in [-0.39, 0.29) is 25.0 Å². The highest BCUT2D eigenvalue weighted by molar-refractivity contribution is 7.87. The average molecular weight is 301 g/mol. The van der Waals surface area contributed by atoms with Crippen molar-refractivity contribution in [3.63, 3.8) is 0 Å². The van der Waals surface area contributed by atoms with Gasteiger partial charge in [0.25, 0.3) is 10.2 Å². The van der Waals surface area contributed by atoms with Crippen LogP contribution in [0.15, 0.2) is 0 Å². The van der Waals surface area contributed by atoms with Crippen molar-refractivity contribution < 1.29 is 18.3 Å². The first-order chi connectivity index (χ1) is 9.44. The molecule has 1 saturated carbocycles. The maximum Gasteiger partial charge on any atom is 0.306 e. The number of carboxylic acid groups (broad SMARTS) is 1. The van der Waals surface area contributed by atoms with Gasteiger partial charge in [0.1, 0.15) is 0 Å². The predicted octanol–water partition coefficient (Wildman–Crippen LogP) is 0.310. The van der Waals surface area contributed by atoms with Crippen molar-refractivity contribution in [1.82, 2.24) is 9.03 Å². The summed E-state index contributed by atoms with van der Waals surface area (Å²) >= 11 is 0. The second kappa shape index (κ2) is 6.08. The Morgan fingerprint density at radius 3 is 2.45 bits per heavy atom. The summed E-state index contributed by atoms with van der Waals surface area (Å²) in [6.07, 6.45) is 2.94. The van der Waals surface area contributed by atoms with Crippen molar-refractivity contribution in [2.75, 3.05) is 13.1 Å². The Hall–Kier alpha value is -1.17. The summed E-state index contributed by atoms with van der Waals surface area (Å²) in [5.41, 5.74) is 0. The summed E-state index contributed by atoms with van der Waals surface area (Å²) < 4.78 is 28.4. The minimum absolute atomic E-state index is 0.218. The maximum atomic E-state index is 12.2. The highest BCUT2D eigenvalue weighted by atomic mass is 32.2. The quantitative estimate of drug-likeness (QED) is 0.776. The molecule has 1 aliphatic carbocycles. The van der Waals surface area contributed by atoms with Gasteiger partial charge in [0.15, 0.2) is 0 Å². The van der Waals surface area contributed by atoms with Gasteiger partial charge in [-0.1, -0.05) is 6.42 Å². The van der Waals surface area contributed by atoms with Gasteiger partial charge in [-0.2, -0.15) is 22.7 Å². The largest absolute Gasteiger partial charge is 0.481 e. The van der Waals surface area contributed by atoms with E-state index >= 15 is 0 Å². The van der Waals surface area contributed by atoms with Crippen LogP contribution >= 0.6 is 0 Å². The first-order valence-electron chi connectivity index (χ1n) is 6.84. The maximum absolute atomic E-state index is 12.2. The van der Waals surface area contributed by atoms with E-state index in [4.69, 9.17) is 10.4 Å². The van der Waals surface area contributed by atoms with Gasteiger partial charge >= 0.3 is 5.97 Å². The van der Waals surface area contributed by atoms with E-state index in [2.05, 4.69) is 10.8 Å². The van der Waals surface area contributed by atoms with Crippen molar-refractivity contribution in [2.45, 2.75) is 38.1 Å². The van der Waals surface area contributed by atoms with Crippen molar-refractivity contribution >= 4 is 16.2 Å². The number of carbonyl (C=O) groups is 1. The van der Waals surface area contributed by atoms with Crippen molar-refractivity contribution in [2.24, 2.45) is 11.8 Å². The Bertz CT molecular complexity index is 505. The molecule has 0 aromatic heterocycles. The average Bonchev–Trinajstić information content (AvgIpc) is 2.85. The fourth-order valence-corrected chi connectivity index (χ4v) is 4.37. The molecule has 2 N–H and O–H groups in total. The van der Waals surface area contributed by atoms with Crippen molar-refractivity contribution in [3.8, 4) is 6.07 Å². The molecule has 112 valence electrons. The van der Waals surface area contributed by atoms with E-state index in [0.717, 1.165) is 12.8 Å². The zero-order valence-electron chi connectivity index (χ0n) is 11.2. The molecule has 2 aliphatic rings. The Kier molecular flexibility index (Phi) is 4.62. The minimum Gasteiger partial charge on any atom is -0.481 e. The highest BCUT2D eigenvalue weighted by Crippen LogP contribution is 2.26. The second-order valence-electron chi connectivity index (χ2n) is 5.41. The van der Waals surface area contributed by atoms with Crippen LogP contribution in [-0.2, 0) is 15.0 Å². The Morgan fingerprint density at radius 2 is 1.90 bits per heavy atom. The lowest BCUT2D eigenvalue weighted by Gasteiger charge is -2.30. The third kappa shape index (κ3) is 3.29. The molecular formula is C12H19N3O4S. The number of nitrogens with one attached hydrogen (secondary N) is 1. The van der Waals surface area contributed by atoms with Crippen LogP contribution in [0.1, 0.15) is 32.1 Å². The van der Waals surface area contributed by atoms with Gasteiger partial charge in [-0.05, 0) is 25.7 Å². The molecule has 0 spiro atoms. The standard InChI is InChI=1S/C12H19N3O4S/c13-8-10-2-1-3-11(10)14-20(18,19)15-6-4-9(5-7-15)12(16)17/h9-11,14H,1-7H2,(H,16,17). The van der Waals surface area contributed by atoms with Gasteiger partial charge in [-0.3, -0.25) is 4.79 Å². The molecule has 0 aromatic rings. The van der Waals surface area contributed by atoms with E-state index in [1.165, 1.54) is 4.31 Å². The predicted molar refractivity (Wildman–Crippen MR) is 70.7 cm³/mol. The Balaban J connectivity index is 1.95. The molecule has 0 amide bonds. The zero-order valence-corrected chi connectivity index (χ0v) is 12.0. The molecule has 0 aromatic carbocycles. The molecule has 0 radical (unpaired) electrons. The van der Waals surface area contributed by atoms with Gasteiger partial charge in [0, 0.05) is 19.1 Å². The molecule has 2 rings (SSSR count). The molecule has 2 unspecified atom stereocenters. The summed E-state index contributed by atoms with van der Waals surface area (Å²) in [5.74, 6) is -1.59. The van der Waals surface area contributed by atoms with E-state index in [1.54, 1.807) is 0 Å². The van der Waals surface area contributed by atoms with E-state index < -0.39 is 22.1 Å². The summed E-state index contributed by atoms with van der Waals surface area (Å²) in [5, 5.41) is 17.9. The molecule has 2 atom stereocenters. The van der Waals surface area contributed by atoms with Crippen LogP contribution in [0.3, 0.4) is 0 Å². The molecule has 20 heavy (non-hydrogen) atoms. The van der Waals surface area contributed by atoms with Crippen LogP contribution in [0.2, 0.25) is 0 Å². The lowest BCUT2D eigenvalue weighted by Crippen LogP contribution is -2.49. The number of aliphatic carboxylic acids is 1. The molecule has 1 aliphatic heterocycles. The summed E-state index contributed by atoms with van der Waals surface area (Å²) in [6.45, 7) is 0.437. The van der Waals surface area contributed by atoms with Gasteiger partial charge in [-0.15, -0.1) is 0 Å². The normalized spacial score (nSPS) is 29.1. The first kappa shape index (κ1) is 15.2. The minimum atomic E-state index is -3.62. The first-order valence-corrected chi connectivity index (χ1v) is 8.28. The Morgan fingerprint density at radius 1 is 1.25 bits per heavy atom. The number of hydrogen-bond donors (Lipinski definition) is 2. The molecule has 1 heterocycles. The fraction of sp³-hybridized carbons (Fsp3) is 0.833. The number of nitriles is 1. The summed E-state index contributed by atoms with van der Waals surface area (Å²) in [6, 6.07) is 1.82. The SMILES string of the molecule is N#CC1CCCC1NS(=O)(=O)N1CCC(C(=O)O)CC1. The van der Waals surface area contributed by atoms with Crippen LogP contribution < -0.4 is 4.72 Å². The summed E-state index contributed by atoms with van der Waals surface area (Å²) in [7, 11) is -3.62. The Labute approximate surface area is 118 Å². The number of piperidine rings is 1. The molecular weight excluding hydrogens is 282 g/mol. The lowest BCUT2D eigenvalue weighted by atomic mass is 9.99. The molecule has 1 saturated heterocycles. The number of carboxylic acids is 1. The van der Waals surface area contributed by atoms with Gasteiger partial charge in [0.05, 0.1) is 17.9 Å². The highest BCUT2D eigenvalue weighted by Gasteiger charge is 2.35. The molecule has 8 heteroatoms. The molecule has 7 nitrogen and oxygen atoms in total. The van der Waals surface area contributed by atoms with E-state index in [9.17, 15) is 13.2 Å². The molecule has 0 bridgehead atoms. The molecule has 2 fully saturated rings. The lowest BCUT2D eigenvalue weighted by molar-refractivity contribution is -0.142. The van der Waals surface area contributed by atoms with Crippen LogP contribution in [0.25, 0.3) is 0 Å². The van der Waals surface area contributed by atoms with Gasteiger partial charge in [-0.25, -0.2) is 0 Å². The third-order valence-electron chi connectivity index (χ3n) is 4.13. The monoisotopic (exact) mass is 301 g/mol. The van der Waals surface area contributed by atoms with Crippen LogP contribution in [0, 0.1) is 23.2 Å². The van der Waals surface area contributed by atoms with Gasteiger partial charge in [0.2, 0.25) is 0 Å². The number of hydrogen-bond acceptors (Lipinski definition) is 4. The van der Waals surface area contributed by atoms with Crippen LogP contribution in [0.5, 0.6) is 0 Å².